The van der Waals surface area contributed by atoms with Gasteiger partial charge in [0, 0.05) is 10.7 Å². The Kier molecular flexibility index (Phi) is 6.74. The van der Waals surface area contributed by atoms with E-state index in [-0.39, 0.29) is 18.4 Å². The van der Waals surface area contributed by atoms with E-state index in [9.17, 15) is 9.59 Å². The lowest BCUT2D eigenvalue weighted by atomic mass is 10.1. The number of carbonyl (C=O) groups is 2. The molecule has 0 aliphatic carbocycles. The summed E-state index contributed by atoms with van der Waals surface area (Å²) in [7, 11) is 0. The van der Waals surface area contributed by atoms with E-state index in [4.69, 9.17) is 16.3 Å². The highest BCUT2D eigenvalue weighted by Crippen LogP contribution is 2.19. The zero-order valence-electron chi connectivity index (χ0n) is 13.8. The SMILES string of the molecule is C=CCOC(C)C(=O)Nc1ccccc1C(=O)Nc1ccc(Cl)cc1. The van der Waals surface area contributed by atoms with Crippen LogP contribution in [-0.4, -0.2) is 24.5 Å². The standard InChI is InChI=1S/C19H19ClN2O3/c1-3-12-25-13(2)18(23)22-17-7-5-4-6-16(17)19(24)21-15-10-8-14(20)9-11-15/h3-11,13H,1,12H2,2H3,(H,21,24)(H,22,23). The molecule has 0 radical (unpaired) electrons. The number of halogens is 1. The summed E-state index contributed by atoms with van der Waals surface area (Å²) in [6.45, 7) is 5.45. The van der Waals surface area contributed by atoms with Gasteiger partial charge in [-0.05, 0) is 43.3 Å². The molecule has 0 aromatic heterocycles. The maximum atomic E-state index is 12.5. The predicted octanol–water partition coefficient (Wildman–Crippen LogP) is 4.12. The Morgan fingerprint density at radius 3 is 2.52 bits per heavy atom. The van der Waals surface area contributed by atoms with E-state index >= 15 is 0 Å². The Morgan fingerprint density at radius 2 is 1.84 bits per heavy atom. The molecule has 0 heterocycles. The molecule has 2 amide bonds. The first kappa shape index (κ1) is 18.7. The monoisotopic (exact) mass is 358 g/mol. The zero-order chi connectivity index (χ0) is 18.2. The molecule has 0 saturated carbocycles. The molecule has 2 aromatic carbocycles. The van der Waals surface area contributed by atoms with Gasteiger partial charge < -0.3 is 15.4 Å². The van der Waals surface area contributed by atoms with Crippen molar-refractivity contribution in [1.29, 1.82) is 0 Å². The van der Waals surface area contributed by atoms with Gasteiger partial charge in [-0.2, -0.15) is 0 Å². The summed E-state index contributed by atoms with van der Waals surface area (Å²) in [4.78, 5) is 24.7. The largest absolute Gasteiger partial charge is 0.365 e. The smallest absolute Gasteiger partial charge is 0.257 e. The minimum Gasteiger partial charge on any atom is -0.365 e. The average Bonchev–Trinajstić information content (AvgIpc) is 2.62. The second-order valence-corrected chi connectivity index (χ2v) is 5.70. The maximum absolute atomic E-state index is 12.5. The normalized spacial score (nSPS) is 11.4. The van der Waals surface area contributed by atoms with Crippen LogP contribution in [-0.2, 0) is 9.53 Å². The van der Waals surface area contributed by atoms with Crippen LogP contribution in [0.4, 0.5) is 11.4 Å². The summed E-state index contributed by atoms with van der Waals surface area (Å²) in [6.07, 6.45) is 0.905. The van der Waals surface area contributed by atoms with E-state index in [1.54, 1.807) is 61.5 Å². The number of anilines is 2. The van der Waals surface area contributed by atoms with Crippen LogP contribution in [0.3, 0.4) is 0 Å². The van der Waals surface area contributed by atoms with Crippen LogP contribution in [0.15, 0.2) is 61.2 Å². The molecule has 1 atom stereocenters. The van der Waals surface area contributed by atoms with Crippen molar-refractivity contribution in [2.75, 3.05) is 17.2 Å². The van der Waals surface area contributed by atoms with Crippen molar-refractivity contribution in [3.8, 4) is 0 Å². The lowest BCUT2D eigenvalue weighted by Crippen LogP contribution is -2.29. The Bertz CT molecular complexity index is 760. The van der Waals surface area contributed by atoms with Gasteiger partial charge in [0.05, 0.1) is 17.9 Å². The molecule has 2 aromatic rings. The van der Waals surface area contributed by atoms with Crippen LogP contribution in [0, 0.1) is 0 Å². The average molecular weight is 359 g/mol. The third kappa shape index (κ3) is 5.45. The molecular weight excluding hydrogens is 340 g/mol. The third-order valence-corrected chi connectivity index (χ3v) is 3.62. The number of benzene rings is 2. The second-order valence-electron chi connectivity index (χ2n) is 5.26. The van der Waals surface area contributed by atoms with Crippen LogP contribution in [0.1, 0.15) is 17.3 Å². The Morgan fingerprint density at radius 1 is 1.16 bits per heavy atom. The molecule has 0 aliphatic rings. The number of para-hydroxylation sites is 1. The molecule has 2 rings (SSSR count). The van der Waals surface area contributed by atoms with E-state index in [2.05, 4.69) is 17.2 Å². The molecule has 25 heavy (non-hydrogen) atoms. The fraction of sp³-hybridized carbons (Fsp3) is 0.158. The summed E-state index contributed by atoms with van der Waals surface area (Å²) < 4.78 is 5.29. The summed E-state index contributed by atoms with van der Waals surface area (Å²) in [5.41, 5.74) is 1.37. The van der Waals surface area contributed by atoms with Crippen molar-refractivity contribution in [2.24, 2.45) is 0 Å². The number of hydrogen-bond donors (Lipinski definition) is 2. The third-order valence-electron chi connectivity index (χ3n) is 3.36. The van der Waals surface area contributed by atoms with Crippen molar-refractivity contribution in [3.63, 3.8) is 0 Å². The van der Waals surface area contributed by atoms with Crippen LogP contribution in [0.2, 0.25) is 5.02 Å². The van der Waals surface area contributed by atoms with Crippen LogP contribution in [0.25, 0.3) is 0 Å². The second kappa shape index (κ2) is 9.01. The number of ether oxygens (including phenoxy) is 1. The molecule has 130 valence electrons. The number of amides is 2. The van der Waals surface area contributed by atoms with Crippen molar-refractivity contribution in [2.45, 2.75) is 13.0 Å². The number of carbonyl (C=O) groups excluding carboxylic acids is 2. The maximum Gasteiger partial charge on any atom is 0.257 e. The highest BCUT2D eigenvalue weighted by molar-refractivity contribution is 6.30. The first-order valence-corrected chi connectivity index (χ1v) is 8.08. The topological polar surface area (TPSA) is 67.4 Å². The lowest BCUT2D eigenvalue weighted by Gasteiger charge is -2.15. The number of nitrogens with one attached hydrogen (secondary N) is 2. The fourth-order valence-electron chi connectivity index (χ4n) is 2.04. The van der Waals surface area contributed by atoms with Gasteiger partial charge in [0.25, 0.3) is 11.8 Å². The van der Waals surface area contributed by atoms with E-state index in [0.717, 1.165) is 0 Å². The summed E-state index contributed by atoms with van der Waals surface area (Å²) in [6, 6.07) is 13.5. The quantitative estimate of drug-likeness (QED) is 0.731. The van der Waals surface area contributed by atoms with Gasteiger partial charge in [0.1, 0.15) is 6.10 Å². The molecule has 1 unspecified atom stereocenters. The van der Waals surface area contributed by atoms with Gasteiger partial charge in [-0.25, -0.2) is 0 Å². The van der Waals surface area contributed by atoms with E-state index in [1.165, 1.54) is 0 Å². The number of hydrogen-bond acceptors (Lipinski definition) is 3. The van der Waals surface area contributed by atoms with Crippen molar-refractivity contribution in [1.82, 2.24) is 0 Å². The fourth-order valence-corrected chi connectivity index (χ4v) is 2.17. The zero-order valence-corrected chi connectivity index (χ0v) is 14.5. The minimum atomic E-state index is -0.662. The first-order chi connectivity index (χ1) is 12.0. The molecule has 0 fully saturated rings. The van der Waals surface area contributed by atoms with E-state index in [0.29, 0.717) is 22.0 Å². The molecule has 0 spiro atoms. The molecule has 0 saturated heterocycles. The highest BCUT2D eigenvalue weighted by Gasteiger charge is 2.17. The van der Waals surface area contributed by atoms with Gasteiger partial charge >= 0.3 is 0 Å². The summed E-state index contributed by atoms with van der Waals surface area (Å²) in [5, 5.41) is 6.07. The van der Waals surface area contributed by atoms with Crippen molar-refractivity contribution in [3.05, 3.63) is 71.8 Å². The van der Waals surface area contributed by atoms with Crippen molar-refractivity contribution >= 4 is 34.8 Å². The summed E-state index contributed by atoms with van der Waals surface area (Å²) in [5.74, 6) is -0.675. The molecule has 6 heteroatoms. The Balaban J connectivity index is 2.11. The lowest BCUT2D eigenvalue weighted by molar-refractivity contribution is -0.125. The van der Waals surface area contributed by atoms with E-state index < -0.39 is 6.10 Å². The molecule has 0 aliphatic heterocycles. The van der Waals surface area contributed by atoms with Crippen LogP contribution in [0.5, 0.6) is 0 Å². The van der Waals surface area contributed by atoms with Gasteiger partial charge in [-0.1, -0.05) is 29.8 Å². The summed E-state index contributed by atoms with van der Waals surface area (Å²) >= 11 is 5.84. The first-order valence-electron chi connectivity index (χ1n) is 7.70. The molecule has 5 nitrogen and oxygen atoms in total. The van der Waals surface area contributed by atoms with Crippen LogP contribution >= 0.6 is 11.6 Å². The van der Waals surface area contributed by atoms with Gasteiger partial charge in [-0.15, -0.1) is 6.58 Å². The Labute approximate surface area is 151 Å². The van der Waals surface area contributed by atoms with Gasteiger partial charge in [0.2, 0.25) is 0 Å². The van der Waals surface area contributed by atoms with Crippen LogP contribution < -0.4 is 10.6 Å². The highest BCUT2D eigenvalue weighted by atomic mass is 35.5. The molecule has 2 N–H and O–H groups in total. The van der Waals surface area contributed by atoms with Gasteiger partial charge in [0.15, 0.2) is 0 Å². The molecular formula is C19H19ClN2O3. The molecule has 0 bridgehead atoms. The number of rotatable bonds is 7. The Hall–Kier alpha value is -2.63. The van der Waals surface area contributed by atoms with Crippen molar-refractivity contribution < 1.29 is 14.3 Å². The van der Waals surface area contributed by atoms with Gasteiger partial charge in [-0.3, -0.25) is 9.59 Å². The predicted molar refractivity (Wildman–Crippen MR) is 100 cm³/mol. The van der Waals surface area contributed by atoms with E-state index in [1.807, 2.05) is 0 Å². The minimum absolute atomic E-state index is 0.271.